The Bertz CT molecular complexity index is 1620. The monoisotopic (exact) mass is 636 g/mol. The van der Waals surface area contributed by atoms with Crippen molar-refractivity contribution >= 4 is 22.9 Å². The lowest BCUT2D eigenvalue weighted by Crippen LogP contribution is -2.66. The molecule has 0 bridgehead atoms. The van der Waals surface area contributed by atoms with Gasteiger partial charge in [0.15, 0.2) is 41.5 Å². The number of aliphatic carboxylic acids is 2. The van der Waals surface area contributed by atoms with Gasteiger partial charge in [-0.15, -0.1) is 0 Å². The van der Waals surface area contributed by atoms with Crippen molar-refractivity contribution in [1.29, 1.82) is 0 Å². The number of phenols is 1. The summed E-state index contributed by atoms with van der Waals surface area (Å²) in [6.45, 7) is 0. The molecule has 10 atom stereocenters. The number of aliphatic hydroxyl groups excluding tert-OH is 5. The Hall–Kier alpha value is -4.33. The molecule has 8 N–H and O–H groups in total. The van der Waals surface area contributed by atoms with Gasteiger partial charge in [-0.2, -0.15) is 0 Å². The molecule has 0 aliphatic carbocycles. The number of carboxylic acid groups (broad SMARTS) is 2. The van der Waals surface area contributed by atoms with E-state index in [0.717, 1.165) is 12.1 Å². The van der Waals surface area contributed by atoms with Crippen LogP contribution >= 0.6 is 0 Å². The quantitative estimate of drug-likeness (QED) is 0.138. The van der Waals surface area contributed by atoms with E-state index < -0.39 is 90.3 Å². The number of aliphatic hydroxyl groups is 5. The predicted molar refractivity (Wildman–Crippen MR) is 144 cm³/mol. The third-order valence-electron chi connectivity index (χ3n) is 7.34. The highest BCUT2D eigenvalue weighted by molar-refractivity contribution is 5.87. The zero-order chi connectivity index (χ0) is 32.7. The van der Waals surface area contributed by atoms with Crippen molar-refractivity contribution in [3.8, 4) is 28.6 Å². The number of ether oxygens (including phenoxy) is 5. The van der Waals surface area contributed by atoms with Crippen molar-refractivity contribution in [2.45, 2.75) is 61.4 Å². The number of aromatic hydroxyl groups is 1. The van der Waals surface area contributed by atoms with E-state index >= 15 is 0 Å². The second-order valence-electron chi connectivity index (χ2n) is 10.2. The summed E-state index contributed by atoms with van der Waals surface area (Å²) >= 11 is 0. The van der Waals surface area contributed by atoms with Gasteiger partial charge in [0, 0.05) is 11.6 Å². The number of hydrogen-bond donors (Lipinski definition) is 8. The van der Waals surface area contributed by atoms with Crippen molar-refractivity contribution in [2.24, 2.45) is 0 Å². The van der Waals surface area contributed by atoms with Gasteiger partial charge >= 0.3 is 11.9 Å². The molecule has 2 aliphatic heterocycles. The third kappa shape index (κ3) is 6.02. The molecular weight excluding hydrogens is 608 g/mol. The molecule has 2 aromatic carbocycles. The zero-order valence-corrected chi connectivity index (χ0v) is 23.1. The van der Waals surface area contributed by atoms with Gasteiger partial charge in [0.25, 0.3) is 0 Å². The number of methoxy groups -OCH3 is 1. The first-order valence-electron chi connectivity index (χ1n) is 13.3. The zero-order valence-electron chi connectivity index (χ0n) is 23.1. The number of carbonyl (C=O) groups is 2. The molecule has 3 heterocycles. The van der Waals surface area contributed by atoms with Crippen molar-refractivity contribution in [1.82, 2.24) is 0 Å². The topological polar surface area (TPSA) is 272 Å². The van der Waals surface area contributed by atoms with Gasteiger partial charge in [0.1, 0.15) is 53.0 Å². The summed E-state index contributed by atoms with van der Waals surface area (Å²) in [6.07, 6.45) is -20.9. The van der Waals surface area contributed by atoms with Crippen LogP contribution in [0.5, 0.6) is 17.2 Å². The second-order valence-corrected chi connectivity index (χ2v) is 10.2. The summed E-state index contributed by atoms with van der Waals surface area (Å²) < 4.78 is 32.3. The van der Waals surface area contributed by atoms with Crippen LogP contribution in [0.2, 0.25) is 0 Å². The van der Waals surface area contributed by atoms with Gasteiger partial charge in [-0.1, -0.05) is 0 Å². The molecule has 0 spiro atoms. The van der Waals surface area contributed by atoms with Crippen molar-refractivity contribution in [3.05, 3.63) is 52.7 Å². The summed E-state index contributed by atoms with van der Waals surface area (Å²) in [5, 5.41) is 81.0. The maximum absolute atomic E-state index is 13.1. The lowest BCUT2D eigenvalue weighted by Gasteiger charge is -2.44. The van der Waals surface area contributed by atoms with E-state index in [1.807, 2.05) is 0 Å². The third-order valence-corrected chi connectivity index (χ3v) is 7.34. The Morgan fingerprint density at radius 1 is 0.778 bits per heavy atom. The summed E-state index contributed by atoms with van der Waals surface area (Å²) in [4.78, 5) is 36.3. The van der Waals surface area contributed by atoms with E-state index in [0.29, 0.717) is 11.3 Å². The van der Waals surface area contributed by atoms with E-state index in [-0.39, 0.29) is 16.7 Å². The first-order chi connectivity index (χ1) is 21.3. The van der Waals surface area contributed by atoms with Crippen LogP contribution in [-0.2, 0) is 23.8 Å². The van der Waals surface area contributed by atoms with Crippen LogP contribution in [0.4, 0.5) is 0 Å². The van der Waals surface area contributed by atoms with Crippen LogP contribution in [-0.4, -0.2) is 121 Å². The Labute approximate surface area is 251 Å². The molecule has 3 aromatic rings. The van der Waals surface area contributed by atoms with Gasteiger partial charge in [0.2, 0.25) is 6.29 Å². The Morgan fingerprint density at radius 2 is 1.38 bits per heavy atom. The summed E-state index contributed by atoms with van der Waals surface area (Å²) in [5.74, 6) is -4.03. The van der Waals surface area contributed by atoms with Crippen molar-refractivity contribution in [2.75, 3.05) is 7.11 Å². The smallest absolute Gasteiger partial charge is 0.335 e. The van der Waals surface area contributed by atoms with E-state index in [2.05, 4.69) is 0 Å². The molecule has 2 aliphatic rings. The Morgan fingerprint density at radius 3 is 1.98 bits per heavy atom. The number of rotatable bonds is 8. The highest BCUT2D eigenvalue weighted by atomic mass is 16.8. The van der Waals surface area contributed by atoms with Crippen LogP contribution in [0.1, 0.15) is 0 Å². The van der Waals surface area contributed by atoms with Crippen LogP contribution in [0.25, 0.3) is 22.3 Å². The average molecular weight is 637 g/mol. The lowest BCUT2D eigenvalue weighted by molar-refractivity contribution is -0.350. The number of phenolic OH excluding ortho intramolecular Hbond substituents is 1. The van der Waals surface area contributed by atoms with Crippen LogP contribution in [0.15, 0.2) is 51.7 Å². The summed E-state index contributed by atoms with van der Waals surface area (Å²) in [7, 11) is 1.49. The molecule has 242 valence electrons. The van der Waals surface area contributed by atoms with Crippen molar-refractivity contribution in [3.63, 3.8) is 0 Å². The lowest BCUT2D eigenvalue weighted by atomic mass is 9.97. The minimum atomic E-state index is -2.16. The molecule has 0 saturated carbocycles. The van der Waals surface area contributed by atoms with Crippen LogP contribution in [0.3, 0.4) is 0 Å². The van der Waals surface area contributed by atoms with Crippen molar-refractivity contribution < 1.29 is 78.5 Å². The van der Waals surface area contributed by atoms with Gasteiger partial charge in [-0.25, -0.2) is 9.59 Å². The Balaban J connectivity index is 1.47. The van der Waals surface area contributed by atoms with E-state index in [4.69, 9.17) is 28.1 Å². The molecule has 10 unspecified atom stereocenters. The predicted octanol–water partition coefficient (Wildman–Crippen LogP) is -1.64. The van der Waals surface area contributed by atoms with Crippen LogP contribution < -0.4 is 14.9 Å². The molecule has 2 fully saturated rings. The second kappa shape index (κ2) is 12.6. The van der Waals surface area contributed by atoms with E-state index in [1.54, 1.807) is 24.3 Å². The van der Waals surface area contributed by atoms with Crippen LogP contribution in [0, 0.1) is 0 Å². The number of hydrogen-bond acceptors (Lipinski definition) is 15. The standard InChI is InChI=1S/C28H28O17/c1-40-10-4-2-9(3-5-10)14-8-11(29)15-12(41-14)6-7-13(16(15)30)42-28-24(20(34)19(33)23(44-28)26(38)39)45-27-21(35)17(31)18(32)22(43-27)25(36)37/h2-8,17-24,27-28,30-35H,1H3,(H,36,37)(H,38,39). The normalized spacial score (nSPS) is 31.8. The minimum Gasteiger partial charge on any atom is -0.504 e. The van der Waals surface area contributed by atoms with Gasteiger partial charge in [-0.3, -0.25) is 4.79 Å². The first kappa shape index (κ1) is 32.1. The largest absolute Gasteiger partial charge is 0.504 e. The highest BCUT2D eigenvalue weighted by Crippen LogP contribution is 2.38. The molecule has 2 saturated heterocycles. The van der Waals surface area contributed by atoms with E-state index in [9.17, 15) is 55.2 Å². The van der Waals surface area contributed by atoms with E-state index in [1.165, 1.54) is 13.2 Å². The van der Waals surface area contributed by atoms with Gasteiger partial charge in [-0.05, 0) is 36.4 Å². The summed E-state index contributed by atoms with van der Waals surface area (Å²) in [5.41, 5.74) is -0.250. The fraction of sp³-hybridized carbons (Fsp3) is 0.393. The molecular formula is C28H28O17. The maximum Gasteiger partial charge on any atom is 0.335 e. The fourth-order valence-electron chi connectivity index (χ4n) is 4.93. The molecule has 1 aromatic heterocycles. The fourth-order valence-corrected chi connectivity index (χ4v) is 4.93. The number of benzene rings is 2. The molecule has 17 heteroatoms. The molecule has 5 rings (SSSR count). The maximum atomic E-state index is 13.1. The minimum absolute atomic E-state index is 0.0691. The van der Waals surface area contributed by atoms with Gasteiger partial charge < -0.3 is 69.0 Å². The molecule has 45 heavy (non-hydrogen) atoms. The first-order valence-corrected chi connectivity index (χ1v) is 13.3. The summed E-state index contributed by atoms with van der Waals surface area (Å²) in [6, 6.07) is 10.1. The number of fused-ring (bicyclic) bond motifs is 1. The SMILES string of the molecule is COc1ccc(-c2cc(=O)c3c(O)c(OC4OC(C(=O)O)C(O)C(O)C4OC4OC(C(=O)O)C(O)C(O)C4O)ccc3o2)cc1. The average Bonchev–Trinajstić information content (AvgIpc) is 3.01. The van der Waals surface area contributed by atoms with Gasteiger partial charge in [0.05, 0.1) is 7.11 Å². The molecule has 17 nitrogen and oxygen atoms in total. The Kier molecular flexibility index (Phi) is 8.97. The molecule has 0 radical (unpaired) electrons. The molecule has 0 amide bonds. The number of carboxylic acids is 2. The highest BCUT2D eigenvalue weighted by Gasteiger charge is 2.54.